The van der Waals surface area contributed by atoms with E-state index in [0.717, 1.165) is 55.6 Å². The second-order valence-corrected chi connectivity index (χ2v) is 8.81. The molecule has 5 rings (SSSR count). The second kappa shape index (κ2) is 9.31. The van der Waals surface area contributed by atoms with Gasteiger partial charge in [0.05, 0.1) is 19.3 Å². The summed E-state index contributed by atoms with van der Waals surface area (Å²) >= 11 is 0. The van der Waals surface area contributed by atoms with Gasteiger partial charge in [0.2, 0.25) is 0 Å². The van der Waals surface area contributed by atoms with Gasteiger partial charge in [-0.15, -0.1) is 0 Å². The van der Waals surface area contributed by atoms with Crippen LogP contribution in [-0.4, -0.2) is 57.2 Å². The van der Waals surface area contributed by atoms with E-state index >= 15 is 0 Å². The molecule has 0 unspecified atom stereocenters. The molecule has 1 fully saturated rings. The molecular weight excluding hydrogens is 398 g/mol. The minimum absolute atomic E-state index is 0.0160. The molecule has 1 N–H and O–H groups in total. The van der Waals surface area contributed by atoms with Gasteiger partial charge in [0.25, 0.3) is 5.91 Å². The molecule has 0 aliphatic carbocycles. The Bertz CT molecular complexity index is 1100. The summed E-state index contributed by atoms with van der Waals surface area (Å²) in [6.07, 6.45) is 2.30. The van der Waals surface area contributed by atoms with Crippen molar-refractivity contribution in [2.75, 3.05) is 51.3 Å². The number of hydrogen-bond acceptors (Lipinski definition) is 4. The number of morpholine rings is 1. The Morgan fingerprint density at radius 3 is 2.72 bits per heavy atom. The number of amides is 1. The minimum Gasteiger partial charge on any atom is -0.379 e. The average Bonchev–Trinajstić information content (AvgIpc) is 2.84. The number of carbonyl (C=O) groups is 1. The SMILES string of the molecule is CN1CCCc2cc([C@@H](CNC(=O)c3cccc4ccccc34)N3CCOCC3)ccc21. The molecule has 32 heavy (non-hydrogen) atoms. The standard InChI is InChI=1S/C27H31N3O2/c1-29-13-5-8-21-18-22(11-12-25(21)29)26(30-14-16-32-17-15-30)19-28-27(31)24-10-4-7-20-6-2-3-9-23(20)24/h2-4,6-7,9-12,18,26H,5,8,13-17,19H2,1H3,(H,28,31)/t26-/m1/s1. The molecule has 1 saturated heterocycles. The van der Waals surface area contributed by atoms with Crippen molar-refractivity contribution in [2.24, 2.45) is 0 Å². The number of aryl methyl sites for hydroxylation is 1. The number of carbonyl (C=O) groups excluding carboxylic acids is 1. The summed E-state index contributed by atoms with van der Waals surface area (Å²) in [5.74, 6) is -0.0160. The third-order valence-corrected chi connectivity index (χ3v) is 6.82. The Balaban J connectivity index is 1.40. The summed E-state index contributed by atoms with van der Waals surface area (Å²) in [6.45, 7) is 4.93. The highest BCUT2D eigenvalue weighted by atomic mass is 16.5. The maximum Gasteiger partial charge on any atom is 0.251 e. The molecule has 5 heteroatoms. The Kier molecular flexibility index (Phi) is 6.10. The van der Waals surface area contributed by atoms with E-state index < -0.39 is 0 Å². The van der Waals surface area contributed by atoms with Gasteiger partial charge in [0.15, 0.2) is 0 Å². The van der Waals surface area contributed by atoms with Crippen molar-refractivity contribution in [1.82, 2.24) is 10.2 Å². The molecule has 0 radical (unpaired) electrons. The van der Waals surface area contributed by atoms with E-state index in [1.807, 2.05) is 42.5 Å². The lowest BCUT2D eigenvalue weighted by Gasteiger charge is -2.36. The van der Waals surface area contributed by atoms with Crippen molar-refractivity contribution in [2.45, 2.75) is 18.9 Å². The van der Waals surface area contributed by atoms with E-state index in [1.165, 1.54) is 23.2 Å². The lowest BCUT2D eigenvalue weighted by atomic mass is 9.95. The van der Waals surface area contributed by atoms with Crippen LogP contribution < -0.4 is 10.2 Å². The quantitative estimate of drug-likeness (QED) is 0.665. The smallest absolute Gasteiger partial charge is 0.251 e. The van der Waals surface area contributed by atoms with Crippen LogP contribution in [0.3, 0.4) is 0 Å². The van der Waals surface area contributed by atoms with Gasteiger partial charge >= 0.3 is 0 Å². The normalized spacial score (nSPS) is 17.7. The molecule has 0 saturated carbocycles. The molecule has 1 atom stereocenters. The number of nitrogens with one attached hydrogen (secondary N) is 1. The van der Waals surface area contributed by atoms with Crippen molar-refractivity contribution in [3.05, 3.63) is 77.4 Å². The van der Waals surface area contributed by atoms with E-state index in [9.17, 15) is 4.79 Å². The monoisotopic (exact) mass is 429 g/mol. The maximum absolute atomic E-state index is 13.2. The number of benzene rings is 3. The highest BCUT2D eigenvalue weighted by molar-refractivity contribution is 6.07. The van der Waals surface area contributed by atoms with Gasteiger partial charge in [0.1, 0.15) is 0 Å². The number of fused-ring (bicyclic) bond motifs is 2. The minimum atomic E-state index is -0.0160. The summed E-state index contributed by atoms with van der Waals surface area (Å²) in [6, 6.07) is 21.0. The topological polar surface area (TPSA) is 44.8 Å². The molecule has 2 aliphatic heterocycles. The molecule has 0 bridgehead atoms. The average molecular weight is 430 g/mol. The first-order valence-electron chi connectivity index (χ1n) is 11.6. The predicted octanol–water partition coefficient (Wildman–Crippen LogP) is 4.03. The number of anilines is 1. The Hall–Kier alpha value is -2.89. The molecular formula is C27H31N3O2. The number of ether oxygens (including phenoxy) is 1. The zero-order valence-corrected chi connectivity index (χ0v) is 18.7. The summed E-state index contributed by atoms with van der Waals surface area (Å²) < 4.78 is 5.60. The van der Waals surface area contributed by atoms with Crippen molar-refractivity contribution >= 4 is 22.4 Å². The second-order valence-electron chi connectivity index (χ2n) is 8.81. The van der Waals surface area contributed by atoms with Crippen LogP contribution in [-0.2, 0) is 11.2 Å². The number of nitrogens with zero attached hydrogens (tertiary/aromatic N) is 2. The molecule has 3 aromatic rings. The third-order valence-electron chi connectivity index (χ3n) is 6.82. The van der Waals surface area contributed by atoms with Crippen molar-refractivity contribution in [1.29, 1.82) is 0 Å². The van der Waals surface area contributed by atoms with E-state index in [4.69, 9.17) is 4.74 Å². The van der Waals surface area contributed by atoms with Crippen LogP contribution in [0, 0.1) is 0 Å². The van der Waals surface area contributed by atoms with Crippen LogP contribution in [0.2, 0.25) is 0 Å². The molecule has 2 heterocycles. The summed E-state index contributed by atoms with van der Waals surface area (Å²) in [4.78, 5) is 18.0. The maximum atomic E-state index is 13.2. The van der Waals surface area contributed by atoms with Crippen LogP contribution in [0.1, 0.15) is 33.9 Å². The fourth-order valence-corrected chi connectivity index (χ4v) is 5.07. The van der Waals surface area contributed by atoms with Gasteiger partial charge in [0, 0.05) is 44.5 Å². The Morgan fingerprint density at radius 2 is 1.84 bits per heavy atom. The van der Waals surface area contributed by atoms with Crippen LogP contribution in [0.4, 0.5) is 5.69 Å². The highest BCUT2D eigenvalue weighted by Gasteiger charge is 2.25. The van der Waals surface area contributed by atoms with Crippen LogP contribution in [0.25, 0.3) is 10.8 Å². The first-order chi connectivity index (χ1) is 15.7. The van der Waals surface area contributed by atoms with Crippen LogP contribution in [0.15, 0.2) is 60.7 Å². The fraction of sp³-hybridized carbons (Fsp3) is 0.370. The third kappa shape index (κ3) is 4.23. The Labute approximate surface area is 190 Å². The zero-order valence-electron chi connectivity index (χ0n) is 18.7. The van der Waals surface area contributed by atoms with Crippen molar-refractivity contribution < 1.29 is 9.53 Å². The van der Waals surface area contributed by atoms with Crippen LogP contribution >= 0.6 is 0 Å². The molecule has 0 spiro atoms. The van der Waals surface area contributed by atoms with Gasteiger partial charge in [-0.1, -0.05) is 48.5 Å². The van der Waals surface area contributed by atoms with E-state index in [-0.39, 0.29) is 11.9 Å². The van der Waals surface area contributed by atoms with E-state index in [0.29, 0.717) is 6.54 Å². The predicted molar refractivity (Wildman–Crippen MR) is 129 cm³/mol. The molecule has 5 nitrogen and oxygen atoms in total. The first-order valence-corrected chi connectivity index (χ1v) is 11.6. The van der Waals surface area contributed by atoms with E-state index in [2.05, 4.69) is 40.4 Å². The Morgan fingerprint density at radius 1 is 1.03 bits per heavy atom. The summed E-state index contributed by atoms with van der Waals surface area (Å²) in [5, 5.41) is 5.32. The first kappa shape index (κ1) is 21.0. The molecule has 3 aromatic carbocycles. The number of rotatable bonds is 5. The molecule has 166 valence electrons. The molecule has 1 amide bonds. The lowest BCUT2D eigenvalue weighted by Crippen LogP contribution is -2.44. The summed E-state index contributed by atoms with van der Waals surface area (Å²) in [5.41, 5.74) is 4.76. The fourth-order valence-electron chi connectivity index (χ4n) is 5.07. The summed E-state index contributed by atoms with van der Waals surface area (Å²) in [7, 11) is 2.17. The van der Waals surface area contributed by atoms with Crippen molar-refractivity contribution in [3.63, 3.8) is 0 Å². The lowest BCUT2D eigenvalue weighted by molar-refractivity contribution is 0.0162. The largest absolute Gasteiger partial charge is 0.379 e. The zero-order chi connectivity index (χ0) is 21.9. The highest BCUT2D eigenvalue weighted by Crippen LogP contribution is 2.31. The molecule has 2 aliphatic rings. The van der Waals surface area contributed by atoms with Gasteiger partial charge in [-0.3, -0.25) is 9.69 Å². The van der Waals surface area contributed by atoms with Gasteiger partial charge in [-0.2, -0.15) is 0 Å². The number of hydrogen-bond donors (Lipinski definition) is 1. The van der Waals surface area contributed by atoms with Crippen molar-refractivity contribution in [3.8, 4) is 0 Å². The van der Waals surface area contributed by atoms with Crippen LogP contribution in [0.5, 0.6) is 0 Å². The molecule has 0 aromatic heterocycles. The van der Waals surface area contributed by atoms with E-state index in [1.54, 1.807) is 0 Å². The van der Waals surface area contributed by atoms with Gasteiger partial charge in [-0.25, -0.2) is 0 Å². The van der Waals surface area contributed by atoms with Gasteiger partial charge < -0.3 is 15.0 Å². The van der Waals surface area contributed by atoms with Gasteiger partial charge in [-0.05, 0) is 46.9 Å².